The fraction of sp³-hybridized carbons (Fsp3) is 0.276. The zero-order valence-electron chi connectivity index (χ0n) is 19.8. The molecule has 0 fully saturated rings. The van der Waals surface area contributed by atoms with Gasteiger partial charge in [-0.3, -0.25) is 5.10 Å². The molecule has 0 radical (unpaired) electrons. The van der Waals surface area contributed by atoms with Crippen molar-refractivity contribution in [2.75, 3.05) is 11.9 Å². The molecule has 4 aromatic rings. The number of nitrogens with one attached hydrogen (secondary N) is 1. The average molecular weight is 556 g/mol. The van der Waals surface area contributed by atoms with Crippen molar-refractivity contribution in [3.8, 4) is 5.75 Å². The van der Waals surface area contributed by atoms with E-state index in [1.807, 2.05) is 25.1 Å². The van der Waals surface area contributed by atoms with Gasteiger partial charge in [-0.05, 0) is 77.9 Å². The van der Waals surface area contributed by atoms with Gasteiger partial charge in [0.2, 0.25) is 0 Å². The minimum absolute atomic E-state index is 0.323. The van der Waals surface area contributed by atoms with E-state index in [0.717, 1.165) is 50.7 Å². The standard InChI is InChI=1S/C29H29BrClFN2O/c1-2-25(26-13-10-23(31)18-27(26)32)29(21-9-14-28-22(17-21)19-33-34-28)20-7-11-24(12-8-20)35-16-6-4-3-5-15-30/h7-14,17-19H,2-6,15-16H2,1H3,(H,33,34)/b29-25+. The Kier molecular flexibility index (Phi) is 9.00. The summed E-state index contributed by atoms with van der Waals surface area (Å²) in [6, 6.07) is 19.1. The highest BCUT2D eigenvalue weighted by Gasteiger charge is 2.17. The van der Waals surface area contributed by atoms with Gasteiger partial charge in [0.1, 0.15) is 11.6 Å². The normalized spacial score (nSPS) is 12.1. The van der Waals surface area contributed by atoms with Crippen LogP contribution < -0.4 is 4.74 Å². The highest BCUT2D eigenvalue weighted by Crippen LogP contribution is 2.37. The van der Waals surface area contributed by atoms with E-state index in [4.69, 9.17) is 16.3 Å². The van der Waals surface area contributed by atoms with Crippen LogP contribution in [0.25, 0.3) is 22.0 Å². The molecule has 0 aliphatic rings. The lowest BCUT2D eigenvalue weighted by molar-refractivity contribution is 0.305. The van der Waals surface area contributed by atoms with Crippen LogP contribution in [0.4, 0.5) is 4.39 Å². The monoisotopic (exact) mass is 554 g/mol. The number of unbranched alkanes of at least 4 members (excludes halogenated alkanes) is 3. The number of rotatable bonds is 11. The summed E-state index contributed by atoms with van der Waals surface area (Å²) in [5.41, 5.74) is 5.43. The lowest BCUT2D eigenvalue weighted by Gasteiger charge is -2.17. The number of allylic oxidation sites excluding steroid dienone is 1. The molecule has 0 amide bonds. The highest BCUT2D eigenvalue weighted by molar-refractivity contribution is 9.09. The quantitative estimate of drug-likeness (QED) is 0.114. The third-order valence-corrected chi connectivity index (χ3v) is 6.88. The summed E-state index contributed by atoms with van der Waals surface area (Å²) in [5, 5.41) is 9.60. The molecule has 3 aromatic carbocycles. The second-order valence-electron chi connectivity index (χ2n) is 8.48. The van der Waals surface area contributed by atoms with E-state index in [0.29, 0.717) is 23.6 Å². The molecule has 35 heavy (non-hydrogen) atoms. The molecule has 0 atom stereocenters. The molecular formula is C29H29BrClFN2O. The minimum Gasteiger partial charge on any atom is -0.494 e. The molecule has 182 valence electrons. The SMILES string of the molecule is CC/C(=C(/c1ccc(OCCCCCCBr)cc1)c1ccc2[nH]ncc2c1)c1ccc(Cl)cc1F. The molecule has 1 heterocycles. The maximum Gasteiger partial charge on any atom is 0.132 e. The molecule has 0 spiro atoms. The first-order valence-electron chi connectivity index (χ1n) is 12.0. The number of aromatic amines is 1. The largest absolute Gasteiger partial charge is 0.494 e. The molecule has 6 heteroatoms. The number of H-pyrrole nitrogens is 1. The molecule has 0 saturated heterocycles. The van der Waals surface area contributed by atoms with E-state index < -0.39 is 0 Å². The molecule has 0 unspecified atom stereocenters. The Balaban J connectivity index is 1.70. The number of ether oxygens (including phenoxy) is 1. The Morgan fingerprint density at radius 1 is 0.971 bits per heavy atom. The Morgan fingerprint density at radius 2 is 1.74 bits per heavy atom. The number of hydrogen-bond acceptors (Lipinski definition) is 2. The zero-order chi connectivity index (χ0) is 24.6. The molecule has 1 N–H and O–H groups in total. The third kappa shape index (κ3) is 6.33. The Hall–Kier alpha value is -2.63. The number of benzene rings is 3. The van der Waals surface area contributed by atoms with Crippen molar-refractivity contribution >= 4 is 49.6 Å². The van der Waals surface area contributed by atoms with Crippen LogP contribution in [0.3, 0.4) is 0 Å². The second-order valence-corrected chi connectivity index (χ2v) is 9.71. The van der Waals surface area contributed by atoms with Gasteiger partial charge in [-0.15, -0.1) is 0 Å². The first-order valence-corrected chi connectivity index (χ1v) is 13.5. The van der Waals surface area contributed by atoms with Crippen LogP contribution >= 0.6 is 27.5 Å². The van der Waals surface area contributed by atoms with Gasteiger partial charge in [0, 0.05) is 21.3 Å². The van der Waals surface area contributed by atoms with Crippen molar-refractivity contribution in [3.05, 3.63) is 94.4 Å². The summed E-state index contributed by atoms with van der Waals surface area (Å²) >= 11 is 9.51. The summed E-state index contributed by atoms with van der Waals surface area (Å²) in [6.45, 7) is 2.75. The number of aromatic nitrogens is 2. The van der Waals surface area contributed by atoms with Gasteiger partial charge >= 0.3 is 0 Å². The van der Waals surface area contributed by atoms with E-state index in [1.54, 1.807) is 18.3 Å². The molecule has 3 nitrogen and oxygen atoms in total. The average Bonchev–Trinajstić information content (AvgIpc) is 3.34. The fourth-order valence-corrected chi connectivity index (χ4v) is 4.86. The van der Waals surface area contributed by atoms with Crippen LogP contribution in [0.5, 0.6) is 5.75 Å². The minimum atomic E-state index is -0.323. The Labute approximate surface area is 219 Å². The van der Waals surface area contributed by atoms with Crippen molar-refractivity contribution in [3.63, 3.8) is 0 Å². The molecule has 1 aromatic heterocycles. The van der Waals surface area contributed by atoms with Gasteiger partial charge in [-0.2, -0.15) is 5.10 Å². The van der Waals surface area contributed by atoms with Gasteiger partial charge in [-0.1, -0.05) is 71.6 Å². The lowest BCUT2D eigenvalue weighted by atomic mass is 9.87. The maximum absolute atomic E-state index is 15.0. The van der Waals surface area contributed by atoms with E-state index >= 15 is 4.39 Å². The van der Waals surface area contributed by atoms with Gasteiger partial charge < -0.3 is 4.74 Å². The number of fused-ring (bicyclic) bond motifs is 1. The van der Waals surface area contributed by atoms with Gasteiger partial charge in [0.05, 0.1) is 18.3 Å². The van der Waals surface area contributed by atoms with Crippen LogP contribution in [-0.4, -0.2) is 22.1 Å². The third-order valence-electron chi connectivity index (χ3n) is 6.08. The van der Waals surface area contributed by atoms with Gasteiger partial charge in [-0.25, -0.2) is 4.39 Å². The van der Waals surface area contributed by atoms with Crippen molar-refractivity contribution in [2.24, 2.45) is 0 Å². The fourth-order valence-electron chi connectivity index (χ4n) is 4.31. The molecule has 0 aliphatic heterocycles. The number of halogens is 3. The van der Waals surface area contributed by atoms with Crippen molar-refractivity contribution in [1.82, 2.24) is 10.2 Å². The zero-order valence-corrected chi connectivity index (χ0v) is 22.1. The smallest absolute Gasteiger partial charge is 0.132 e. The molecule has 0 bridgehead atoms. The Morgan fingerprint density at radius 3 is 2.49 bits per heavy atom. The predicted molar refractivity (Wildman–Crippen MR) is 148 cm³/mol. The van der Waals surface area contributed by atoms with Crippen molar-refractivity contribution < 1.29 is 9.13 Å². The topological polar surface area (TPSA) is 37.9 Å². The number of hydrogen-bond donors (Lipinski definition) is 1. The highest BCUT2D eigenvalue weighted by atomic mass is 79.9. The Bertz CT molecular complexity index is 1300. The van der Waals surface area contributed by atoms with E-state index in [2.05, 4.69) is 50.4 Å². The second kappa shape index (κ2) is 12.4. The predicted octanol–water partition coefficient (Wildman–Crippen LogP) is 9.06. The summed E-state index contributed by atoms with van der Waals surface area (Å²) in [7, 11) is 0. The van der Waals surface area contributed by atoms with Gasteiger partial charge in [0.25, 0.3) is 0 Å². The van der Waals surface area contributed by atoms with E-state index in [-0.39, 0.29) is 5.82 Å². The molecule has 0 aliphatic carbocycles. The summed E-state index contributed by atoms with van der Waals surface area (Å²) in [6.07, 6.45) is 7.08. The van der Waals surface area contributed by atoms with Crippen LogP contribution in [0.15, 0.2) is 66.9 Å². The summed E-state index contributed by atoms with van der Waals surface area (Å²) in [5.74, 6) is 0.519. The first kappa shape index (κ1) is 25.5. The van der Waals surface area contributed by atoms with Crippen LogP contribution in [0.2, 0.25) is 5.02 Å². The maximum atomic E-state index is 15.0. The molecule has 4 rings (SSSR count). The van der Waals surface area contributed by atoms with Crippen LogP contribution in [-0.2, 0) is 0 Å². The summed E-state index contributed by atoms with van der Waals surface area (Å²) in [4.78, 5) is 0. The van der Waals surface area contributed by atoms with E-state index in [1.165, 1.54) is 25.3 Å². The molecular weight excluding hydrogens is 527 g/mol. The van der Waals surface area contributed by atoms with Crippen molar-refractivity contribution in [2.45, 2.75) is 39.0 Å². The first-order chi connectivity index (χ1) is 17.1. The van der Waals surface area contributed by atoms with E-state index in [9.17, 15) is 0 Å². The number of alkyl halides is 1. The molecule has 0 saturated carbocycles. The van der Waals surface area contributed by atoms with Gasteiger partial charge in [0.15, 0.2) is 0 Å². The summed E-state index contributed by atoms with van der Waals surface area (Å²) < 4.78 is 21.0. The van der Waals surface area contributed by atoms with Crippen LogP contribution in [0, 0.1) is 5.82 Å². The van der Waals surface area contributed by atoms with Crippen LogP contribution in [0.1, 0.15) is 55.7 Å². The number of nitrogens with zero attached hydrogens (tertiary/aromatic N) is 1. The van der Waals surface area contributed by atoms with Crippen molar-refractivity contribution in [1.29, 1.82) is 0 Å². The lowest BCUT2D eigenvalue weighted by Crippen LogP contribution is -1.99.